The Bertz CT molecular complexity index is 645. The average Bonchev–Trinajstić information content (AvgIpc) is 2.67. The highest BCUT2D eigenvalue weighted by atomic mass is 16.7. The van der Waals surface area contributed by atoms with E-state index < -0.39 is 49.3 Å². The minimum Gasteiger partial charge on any atom is -0.497 e. The molecule has 0 bridgehead atoms. The van der Waals surface area contributed by atoms with Gasteiger partial charge in [0.15, 0.2) is 18.5 Å². The van der Waals surface area contributed by atoms with E-state index in [1.165, 1.54) is 21.0 Å². The zero-order valence-corrected chi connectivity index (χ0v) is 16.3. The van der Waals surface area contributed by atoms with Crippen LogP contribution in [0.15, 0.2) is 24.3 Å². The predicted octanol–water partition coefficient (Wildman–Crippen LogP) is 0.807. The molecule has 156 valence electrons. The zero-order valence-electron chi connectivity index (χ0n) is 16.3. The summed E-state index contributed by atoms with van der Waals surface area (Å²) in [6.45, 7) is 2.20. The number of aliphatic hydroxyl groups is 1. The number of methoxy groups -OCH3 is 2. The van der Waals surface area contributed by atoms with E-state index in [0.29, 0.717) is 5.75 Å². The van der Waals surface area contributed by atoms with Gasteiger partial charge in [-0.25, -0.2) is 0 Å². The first-order valence-corrected chi connectivity index (χ1v) is 8.77. The van der Waals surface area contributed by atoms with Crippen LogP contribution >= 0.6 is 0 Å². The molecule has 0 aromatic heterocycles. The first-order valence-electron chi connectivity index (χ1n) is 8.77. The number of carbonyl (C=O) groups is 2. The molecular formula is C19H26O9. The summed E-state index contributed by atoms with van der Waals surface area (Å²) in [4.78, 5) is 23.2. The zero-order chi connectivity index (χ0) is 20.7. The number of rotatable bonds is 8. The molecule has 1 N–H and O–H groups in total. The Labute approximate surface area is 163 Å². The third-order valence-electron chi connectivity index (χ3n) is 4.21. The summed E-state index contributed by atoms with van der Waals surface area (Å²) in [6, 6.07) is 7.20. The molecule has 1 aliphatic rings. The second kappa shape index (κ2) is 10.4. The normalized spacial score (nSPS) is 27.1. The van der Waals surface area contributed by atoms with Gasteiger partial charge in [0.1, 0.15) is 18.0 Å². The summed E-state index contributed by atoms with van der Waals surface area (Å²) < 4.78 is 32.6. The van der Waals surface area contributed by atoms with E-state index in [9.17, 15) is 14.7 Å². The van der Waals surface area contributed by atoms with Gasteiger partial charge in [-0.2, -0.15) is 0 Å². The molecule has 9 heteroatoms. The fourth-order valence-electron chi connectivity index (χ4n) is 2.97. The molecule has 2 rings (SSSR count). The van der Waals surface area contributed by atoms with Gasteiger partial charge in [-0.3, -0.25) is 9.59 Å². The molecular weight excluding hydrogens is 372 g/mol. The Morgan fingerprint density at radius 1 is 1.00 bits per heavy atom. The lowest BCUT2D eigenvalue weighted by molar-refractivity contribution is -0.307. The lowest BCUT2D eigenvalue weighted by Gasteiger charge is -2.44. The van der Waals surface area contributed by atoms with Crippen molar-refractivity contribution >= 4 is 11.9 Å². The molecule has 0 radical (unpaired) electrons. The molecule has 0 aliphatic carbocycles. The van der Waals surface area contributed by atoms with Crippen molar-refractivity contribution in [1.82, 2.24) is 0 Å². The van der Waals surface area contributed by atoms with Crippen molar-refractivity contribution in [2.45, 2.75) is 51.2 Å². The molecule has 1 aromatic rings. The Morgan fingerprint density at radius 2 is 1.61 bits per heavy atom. The number of ether oxygens (including phenoxy) is 6. The Hall–Kier alpha value is -2.20. The third kappa shape index (κ3) is 5.65. The van der Waals surface area contributed by atoms with E-state index in [0.717, 1.165) is 5.56 Å². The molecule has 0 unspecified atom stereocenters. The Kier molecular flexibility index (Phi) is 8.18. The molecule has 1 aromatic carbocycles. The Balaban J connectivity index is 2.23. The average molecular weight is 398 g/mol. The van der Waals surface area contributed by atoms with Gasteiger partial charge in [0.25, 0.3) is 0 Å². The smallest absolute Gasteiger partial charge is 0.303 e. The topological polar surface area (TPSA) is 110 Å². The van der Waals surface area contributed by atoms with Crippen LogP contribution in [0.25, 0.3) is 0 Å². The highest BCUT2D eigenvalue weighted by Crippen LogP contribution is 2.29. The maximum Gasteiger partial charge on any atom is 0.303 e. The number of hydrogen-bond acceptors (Lipinski definition) is 9. The van der Waals surface area contributed by atoms with Gasteiger partial charge >= 0.3 is 11.9 Å². The standard InChI is InChI=1S/C19H26O9/c1-11(21)26-17-16(25-10-13-5-7-14(23-3)8-6-13)15(9-20)28-19(24-4)18(17)27-12(2)22/h5-8,15-20H,9-10H2,1-4H3/t15-,16-,17+,18-,19+/m1/s1. The fraction of sp³-hybridized carbons (Fsp3) is 0.579. The quantitative estimate of drug-likeness (QED) is 0.636. The molecule has 1 fully saturated rings. The SMILES string of the molecule is COc1ccc(CO[C@H]2[C@H](OC(C)=O)[C@@H](OC(C)=O)[C@@H](OC)O[C@@H]2CO)cc1. The molecule has 0 saturated carbocycles. The van der Waals surface area contributed by atoms with Crippen LogP contribution in [-0.2, 0) is 39.9 Å². The van der Waals surface area contributed by atoms with Crippen LogP contribution < -0.4 is 4.74 Å². The number of aliphatic hydroxyl groups excluding tert-OH is 1. The molecule has 1 saturated heterocycles. The number of benzene rings is 1. The summed E-state index contributed by atoms with van der Waals surface area (Å²) in [7, 11) is 2.93. The van der Waals surface area contributed by atoms with Crippen molar-refractivity contribution < 1.29 is 43.1 Å². The number of esters is 2. The van der Waals surface area contributed by atoms with Crippen LogP contribution in [-0.4, -0.2) is 68.6 Å². The fourth-order valence-corrected chi connectivity index (χ4v) is 2.97. The van der Waals surface area contributed by atoms with Crippen LogP contribution in [0.1, 0.15) is 19.4 Å². The second-order valence-electron chi connectivity index (χ2n) is 6.23. The number of hydrogen-bond donors (Lipinski definition) is 1. The maximum atomic E-state index is 11.6. The highest BCUT2D eigenvalue weighted by Gasteiger charge is 2.50. The lowest BCUT2D eigenvalue weighted by Crippen LogP contribution is -2.62. The van der Waals surface area contributed by atoms with Crippen molar-refractivity contribution in [3.63, 3.8) is 0 Å². The minimum absolute atomic E-state index is 0.150. The molecule has 1 aliphatic heterocycles. The largest absolute Gasteiger partial charge is 0.497 e. The monoisotopic (exact) mass is 398 g/mol. The summed E-state index contributed by atoms with van der Waals surface area (Å²) in [5.74, 6) is -0.480. The van der Waals surface area contributed by atoms with Gasteiger partial charge < -0.3 is 33.5 Å². The van der Waals surface area contributed by atoms with Crippen molar-refractivity contribution in [2.24, 2.45) is 0 Å². The van der Waals surface area contributed by atoms with E-state index in [2.05, 4.69) is 0 Å². The van der Waals surface area contributed by atoms with Crippen molar-refractivity contribution in [2.75, 3.05) is 20.8 Å². The predicted molar refractivity (Wildman–Crippen MR) is 95.4 cm³/mol. The van der Waals surface area contributed by atoms with Crippen LogP contribution in [0, 0.1) is 0 Å². The van der Waals surface area contributed by atoms with Gasteiger partial charge in [0, 0.05) is 21.0 Å². The van der Waals surface area contributed by atoms with Crippen LogP contribution in [0.2, 0.25) is 0 Å². The summed E-state index contributed by atoms with van der Waals surface area (Å²) in [5.41, 5.74) is 0.831. The van der Waals surface area contributed by atoms with Gasteiger partial charge in [-0.1, -0.05) is 12.1 Å². The van der Waals surface area contributed by atoms with Crippen LogP contribution in [0.4, 0.5) is 0 Å². The third-order valence-corrected chi connectivity index (χ3v) is 4.21. The summed E-state index contributed by atoms with van der Waals surface area (Å²) in [5, 5.41) is 9.73. The molecule has 28 heavy (non-hydrogen) atoms. The van der Waals surface area contributed by atoms with Crippen LogP contribution in [0.5, 0.6) is 5.75 Å². The summed E-state index contributed by atoms with van der Waals surface area (Å²) in [6.07, 6.45) is -4.82. The van der Waals surface area contributed by atoms with Crippen molar-refractivity contribution in [3.05, 3.63) is 29.8 Å². The van der Waals surface area contributed by atoms with E-state index in [1.54, 1.807) is 19.2 Å². The molecule has 0 spiro atoms. The van der Waals surface area contributed by atoms with E-state index in [-0.39, 0.29) is 6.61 Å². The van der Waals surface area contributed by atoms with Gasteiger partial charge in [0.05, 0.1) is 20.3 Å². The van der Waals surface area contributed by atoms with E-state index in [1.807, 2.05) is 12.1 Å². The van der Waals surface area contributed by atoms with E-state index >= 15 is 0 Å². The molecule has 0 amide bonds. The van der Waals surface area contributed by atoms with E-state index in [4.69, 9.17) is 28.4 Å². The molecule has 1 heterocycles. The minimum atomic E-state index is -1.05. The number of carbonyl (C=O) groups excluding carboxylic acids is 2. The van der Waals surface area contributed by atoms with Crippen LogP contribution in [0.3, 0.4) is 0 Å². The molecule has 5 atom stereocenters. The van der Waals surface area contributed by atoms with Gasteiger partial charge in [-0.05, 0) is 17.7 Å². The maximum absolute atomic E-state index is 11.6. The van der Waals surface area contributed by atoms with Gasteiger partial charge in [-0.15, -0.1) is 0 Å². The summed E-state index contributed by atoms with van der Waals surface area (Å²) >= 11 is 0. The van der Waals surface area contributed by atoms with Crippen molar-refractivity contribution in [3.8, 4) is 5.75 Å². The van der Waals surface area contributed by atoms with Gasteiger partial charge in [0.2, 0.25) is 0 Å². The molecule has 9 nitrogen and oxygen atoms in total. The highest BCUT2D eigenvalue weighted by molar-refractivity contribution is 5.67. The second-order valence-corrected chi connectivity index (χ2v) is 6.23. The van der Waals surface area contributed by atoms with Crippen molar-refractivity contribution in [1.29, 1.82) is 0 Å². The first-order chi connectivity index (χ1) is 13.4. The Morgan fingerprint density at radius 3 is 2.11 bits per heavy atom. The first kappa shape index (κ1) is 22.1. The lowest BCUT2D eigenvalue weighted by atomic mass is 9.98.